The van der Waals surface area contributed by atoms with E-state index in [1.807, 2.05) is 113 Å². The summed E-state index contributed by atoms with van der Waals surface area (Å²) in [4.78, 5) is 108. The predicted octanol–water partition coefficient (Wildman–Crippen LogP) is 11.0. The number of ketones is 2. The zero-order chi connectivity index (χ0) is 64.1. The van der Waals surface area contributed by atoms with Gasteiger partial charge in [-0.1, -0.05) is 126 Å². The summed E-state index contributed by atoms with van der Waals surface area (Å²) in [6.45, 7) is 13.4. The molecule has 0 saturated heterocycles. The van der Waals surface area contributed by atoms with E-state index in [1.54, 1.807) is 65.7 Å². The van der Waals surface area contributed by atoms with Crippen LogP contribution in [0.4, 0.5) is 8.78 Å². The maximum Gasteiger partial charge on any atom is 0.373 e. The zero-order valence-corrected chi connectivity index (χ0v) is 51.0. The molecule has 456 valence electrons. The number of nitrogens with two attached hydrogens (primary N) is 1. The van der Waals surface area contributed by atoms with Crippen LogP contribution in [0, 0.1) is 11.6 Å². The zero-order valence-electron chi connectivity index (χ0n) is 49.5. The minimum absolute atomic E-state index is 0.0117. The minimum Gasteiger partial charge on any atom is -0.350 e. The smallest absolute Gasteiger partial charge is 0.350 e. The topological polar surface area (TPSA) is 232 Å². The fourth-order valence-corrected chi connectivity index (χ4v) is 9.53. The number of nitrogens with zero attached hydrogens (tertiary/aromatic N) is 4. The second-order valence-corrected chi connectivity index (χ2v) is 21.6. The maximum absolute atomic E-state index is 14.2. The molecule has 0 aliphatic carbocycles. The predicted molar refractivity (Wildman–Crippen MR) is 330 cm³/mol. The van der Waals surface area contributed by atoms with Gasteiger partial charge in [-0.05, 0) is 103 Å². The third-order valence-corrected chi connectivity index (χ3v) is 14.4. The second-order valence-electron chi connectivity index (χ2n) is 20.8. The normalized spacial score (nSPS) is 11.3. The molecule has 2 unspecified atom stereocenters. The van der Waals surface area contributed by atoms with Crippen LogP contribution in [0.2, 0.25) is 10.0 Å². The summed E-state index contributed by atoms with van der Waals surface area (Å²) in [5.74, 6) is -3.23. The number of para-hydroxylation sites is 1. The standard InChI is InChI=1S/C33H34ClFN4O4.C24H25ClFN3O3.C8H11N.CO2/c1-20(2)39(18-30(41)36-16-25-11-8-12-28(34)32(25)35)31(42)19-38-17-27(22(4)40)26-15-24(13-14-29(26)38)33(43)37-21(3)23-9-6-5-7-10-23;1-15(2)29(13-22(31)27-11-17-7-6-9-20(25)24(17)26)23(32)14-28-12-19(16(3)30)18-8-4-5-10-21(18)28;1-7(9)8-5-3-2-4-6-8;2-1-3/h5-15,17,20-21H,16,18-19H2,1-4H3,(H,36,41)(H,37,43);4-10,12,15H,11,13-14H2,1-3H3,(H,27,31);2-7H,9H2,1H3;. The summed E-state index contributed by atoms with van der Waals surface area (Å²) >= 11 is 11.6. The van der Waals surface area contributed by atoms with Gasteiger partial charge in [-0.25, -0.2) is 8.78 Å². The molecule has 0 radical (unpaired) electrons. The molecule has 5 amide bonds. The van der Waals surface area contributed by atoms with Gasteiger partial charge in [0.15, 0.2) is 11.6 Å². The number of Topliss-reactive ketones (excluding diaryl/α,β-unsaturated/α-hetero) is 2. The van der Waals surface area contributed by atoms with Crippen molar-refractivity contribution in [1.82, 2.24) is 34.9 Å². The van der Waals surface area contributed by atoms with Gasteiger partial charge in [0.2, 0.25) is 23.6 Å². The number of hydrogen-bond donors (Lipinski definition) is 4. The molecule has 21 heteroatoms. The molecule has 17 nitrogen and oxygen atoms in total. The van der Waals surface area contributed by atoms with E-state index in [-0.39, 0.29) is 120 Å². The van der Waals surface area contributed by atoms with E-state index in [0.29, 0.717) is 27.6 Å². The van der Waals surface area contributed by atoms with E-state index in [9.17, 15) is 42.3 Å². The first kappa shape index (κ1) is 68.6. The number of nitrogens with one attached hydrogen (secondary N) is 3. The van der Waals surface area contributed by atoms with Crippen LogP contribution in [0.5, 0.6) is 0 Å². The van der Waals surface area contributed by atoms with E-state index < -0.39 is 23.4 Å². The van der Waals surface area contributed by atoms with Gasteiger partial charge in [0.05, 0.1) is 29.2 Å². The average molecular weight is 1230 g/mol. The summed E-state index contributed by atoms with van der Waals surface area (Å²) in [7, 11) is 0. The fraction of sp³-hybridized carbons (Fsp3) is 0.273. The van der Waals surface area contributed by atoms with E-state index in [0.717, 1.165) is 16.5 Å². The van der Waals surface area contributed by atoms with Crippen molar-refractivity contribution in [1.29, 1.82) is 0 Å². The Morgan fingerprint density at radius 1 is 0.552 bits per heavy atom. The Hall–Kier alpha value is -9.13. The Morgan fingerprint density at radius 3 is 1.39 bits per heavy atom. The number of rotatable bonds is 20. The lowest BCUT2D eigenvalue weighted by molar-refractivity contribution is -0.191. The van der Waals surface area contributed by atoms with Crippen molar-refractivity contribution in [3.05, 3.63) is 213 Å². The highest BCUT2D eigenvalue weighted by molar-refractivity contribution is 6.31. The number of hydrogen-bond acceptors (Lipinski definition) is 10. The van der Waals surface area contributed by atoms with Crippen LogP contribution >= 0.6 is 23.2 Å². The van der Waals surface area contributed by atoms with Crippen molar-refractivity contribution in [2.24, 2.45) is 5.73 Å². The summed E-state index contributed by atoms with van der Waals surface area (Å²) in [5.41, 5.74) is 11.0. The first-order valence-corrected chi connectivity index (χ1v) is 28.5. The molecule has 2 atom stereocenters. The quantitative estimate of drug-likeness (QED) is 0.0527. The van der Waals surface area contributed by atoms with Gasteiger partial charge in [0.25, 0.3) is 5.91 Å². The van der Waals surface area contributed by atoms with Crippen LogP contribution in [-0.2, 0) is 54.9 Å². The van der Waals surface area contributed by atoms with Crippen molar-refractivity contribution in [2.45, 2.75) is 106 Å². The molecule has 2 aromatic heterocycles. The van der Waals surface area contributed by atoms with Crippen LogP contribution in [-0.4, -0.2) is 91.4 Å². The van der Waals surface area contributed by atoms with Gasteiger partial charge in [0.1, 0.15) is 24.7 Å². The summed E-state index contributed by atoms with van der Waals surface area (Å²) in [6, 6.07) is 40.5. The lowest BCUT2D eigenvalue weighted by Gasteiger charge is -2.26. The van der Waals surface area contributed by atoms with E-state index in [2.05, 4.69) is 16.0 Å². The molecule has 6 aromatic carbocycles. The van der Waals surface area contributed by atoms with Crippen LogP contribution < -0.4 is 21.7 Å². The number of fused-ring (bicyclic) bond motifs is 2. The highest BCUT2D eigenvalue weighted by Gasteiger charge is 2.25. The summed E-state index contributed by atoms with van der Waals surface area (Å²) in [6.07, 6.45) is 3.52. The number of benzene rings is 6. The monoisotopic (exact) mass is 1230 g/mol. The van der Waals surface area contributed by atoms with Gasteiger partial charge in [-0.3, -0.25) is 33.6 Å². The van der Waals surface area contributed by atoms with E-state index >= 15 is 0 Å². The Kier molecular flexibility index (Phi) is 26.0. The number of aromatic nitrogens is 2. The number of halogens is 4. The fourth-order valence-electron chi connectivity index (χ4n) is 9.14. The molecular formula is C66H70Cl2F2N8O9. The van der Waals surface area contributed by atoms with Crippen molar-refractivity contribution < 1.29 is 51.9 Å². The first-order chi connectivity index (χ1) is 41.4. The highest BCUT2D eigenvalue weighted by atomic mass is 35.5. The average Bonchev–Trinajstić information content (AvgIpc) is 2.10. The first-order valence-electron chi connectivity index (χ1n) is 27.7. The minimum atomic E-state index is -0.603. The molecule has 2 heterocycles. The van der Waals surface area contributed by atoms with Gasteiger partial charge < -0.3 is 40.6 Å². The van der Waals surface area contributed by atoms with Gasteiger partial charge in [0, 0.05) is 93.2 Å². The van der Waals surface area contributed by atoms with Crippen LogP contribution in [0.15, 0.2) is 152 Å². The second kappa shape index (κ2) is 33.0. The summed E-state index contributed by atoms with van der Waals surface area (Å²) in [5, 5.41) is 9.54. The Balaban J connectivity index is 0.000000273. The molecule has 0 spiro atoms. The van der Waals surface area contributed by atoms with Gasteiger partial charge in [-0.2, -0.15) is 9.59 Å². The van der Waals surface area contributed by atoms with Crippen molar-refractivity contribution >= 4 is 92.3 Å². The van der Waals surface area contributed by atoms with Crippen LogP contribution in [0.3, 0.4) is 0 Å². The van der Waals surface area contributed by atoms with Gasteiger partial charge in [-0.15, -0.1) is 0 Å². The lowest BCUT2D eigenvalue weighted by atomic mass is 10.1. The molecule has 8 aromatic rings. The third-order valence-electron chi connectivity index (χ3n) is 13.8. The lowest BCUT2D eigenvalue weighted by Crippen LogP contribution is -2.45. The van der Waals surface area contributed by atoms with Crippen molar-refractivity contribution in [3.63, 3.8) is 0 Å². The van der Waals surface area contributed by atoms with Crippen molar-refractivity contribution in [3.8, 4) is 0 Å². The number of amides is 5. The molecule has 87 heavy (non-hydrogen) atoms. The Bertz CT molecular complexity index is 3750. The third kappa shape index (κ3) is 19.4. The molecular weight excluding hydrogens is 1160 g/mol. The summed E-state index contributed by atoms with van der Waals surface area (Å²) < 4.78 is 31.6. The molecule has 0 aliphatic rings. The SMILES string of the molecule is CC(=O)c1cn(CC(=O)N(CC(=O)NCc2cccc(Cl)c2F)C(C)C)c2ccc(C(=O)NC(C)c3ccccc3)cc12.CC(=O)c1cn(CC(=O)N(CC(=O)NCc2cccc(Cl)c2F)C(C)C)c2ccccc12.CC(N)c1ccccc1.O=C=O. The molecule has 0 fully saturated rings. The molecule has 8 rings (SSSR count). The maximum atomic E-state index is 14.2. The van der Waals surface area contributed by atoms with Gasteiger partial charge >= 0.3 is 6.15 Å². The molecule has 0 aliphatic heterocycles. The van der Waals surface area contributed by atoms with E-state index in [1.165, 1.54) is 53.5 Å². The van der Waals surface area contributed by atoms with Crippen LogP contribution in [0.25, 0.3) is 21.8 Å². The molecule has 0 bridgehead atoms. The van der Waals surface area contributed by atoms with Crippen LogP contribution in [0.1, 0.15) is 121 Å². The highest BCUT2D eigenvalue weighted by Crippen LogP contribution is 2.26. The number of carbonyl (C=O) groups is 7. The van der Waals surface area contributed by atoms with Crippen molar-refractivity contribution in [2.75, 3.05) is 13.1 Å². The Labute approximate surface area is 513 Å². The Morgan fingerprint density at radius 2 is 0.966 bits per heavy atom. The molecule has 5 N–H and O–H groups in total. The largest absolute Gasteiger partial charge is 0.373 e. The van der Waals surface area contributed by atoms with E-state index in [4.69, 9.17) is 38.5 Å². The molecule has 0 saturated carbocycles. The number of carbonyl (C=O) groups excluding carboxylic acids is 9.